The molecule has 3 N–H and O–H groups in total. The lowest BCUT2D eigenvalue weighted by atomic mass is 10.1. The van der Waals surface area contributed by atoms with E-state index in [2.05, 4.69) is 31.9 Å². The van der Waals surface area contributed by atoms with Gasteiger partial charge in [0.05, 0.1) is 31.0 Å². The number of nitrogens with one attached hydrogen (secondary N) is 3. The average Bonchev–Trinajstić information content (AvgIpc) is 2.96. The first-order chi connectivity index (χ1) is 18.6. The first-order valence-electron chi connectivity index (χ1n) is 12.8. The number of methoxy groups -OCH3 is 1. The quantitative estimate of drug-likeness (QED) is 0.379. The van der Waals surface area contributed by atoms with Crippen LogP contribution < -0.4 is 20.7 Å². The van der Waals surface area contributed by atoms with Crippen LogP contribution in [-0.2, 0) is 24.2 Å². The molecule has 10 nitrogen and oxygen atoms in total. The van der Waals surface area contributed by atoms with Gasteiger partial charge < -0.3 is 25.4 Å². The summed E-state index contributed by atoms with van der Waals surface area (Å²) in [4.78, 5) is 29.5. The molecule has 38 heavy (non-hydrogen) atoms. The number of benzene rings is 1. The fourth-order valence-electron chi connectivity index (χ4n) is 4.52. The highest BCUT2D eigenvalue weighted by molar-refractivity contribution is 6.32. The van der Waals surface area contributed by atoms with Crippen LogP contribution in [0.4, 0.5) is 5.82 Å². The van der Waals surface area contributed by atoms with E-state index in [1.54, 1.807) is 13.3 Å². The summed E-state index contributed by atoms with van der Waals surface area (Å²) in [5.74, 6) is 1.26. The number of hydrogen-bond donors (Lipinski definition) is 3. The number of hydrogen-bond acceptors (Lipinski definition) is 9. The van der Waals surface area contributed by atoms with Crippen molar-refractivity contribution in [2.45, 2.75) is 19.5 Å². The normalized spacial score (nSPS) is 15.5. The predicted octanol–water partition coefficient (Wildman–Crippen LogP) is 2.52. The molecule has 2 aliphatic heterocycles. The van der Waals surface area contributed by atoms with Gasteiger partial charge in [-0.15, -0.1) is 0 Å². The summed E-state index contributed by atoms with van der Waals surface area (Å²) in [7, 11) is 1.58. The SMILES string of the molecule is COc1ccc(CNc2nc(-c3ccc4c(n3)CNCC4)ncc2C(=O)NCCN2CCOCC2)cc1Cl. The molecular weight excluding hydrogens is 506 g/mol. The van der Waals surface area contributed by atoms with Crippen LogP contribution in [0.25, 0.3) is 11.5 Å². The lowest BCUT2D eigenvalue weighted by molar-refractivity contribution is 0.0383. The van der Waals surface area contributed by atoms with Gasteiger partial charge in [-0.2, -0.15) is 0 Å². The van der Waals surface area contributed by atoms with Crippen molar-refractivity contribution < 1.29 is 14.3 Å². The number of morpholine rings is 1. The minimum absolute atomic E-state index is 0.234. The Hall–Kier alpha value is -3.31. The van der Waals surface area contributed by atoms with Crippen molar-refractivity contribution >= 4 is 23.3 Å². The molecule has 0 aliphatic carbocycles. The van der Waals surface area contributed by atoms with Gasteiger partial charge in [0.1, 0.15) is 22.8 Å². The number of anilines is 1. The second-order valence-corrected chi connectivity index (χ2v) is 9.62. The van der Waals surface area contributed by atoms with Crippen LogP contribution in [0.1, 0.15) is 27.2 Å². The Morgan fingerprint density at radius 2 is 2.08 bits per heavy atom. The summed E-state index contributed by atoms with van der Waals surface area (Å²) < 4.78 is 10.6. The van der Waals surface area contributed by atoms with E-state index in [1.807, 2.05) is 24.3 Å². The molecule has 200 valence electrons. The second kappa shape index (κ2) is 12.5. The van der Waals surface area contributed by atoms with Gasteiger partial charge in [-0.3, -0.25) is 9.69 Å². The molecular formula is C27H32ClN7O3. The van der Waals surface area contributed by atoms with Crippen molar-refractivity contribution in [2.75, 3.05) is 58.4 Å². The van der Waals surface area contributed by atoms with Gasteiger partial charge in [-0.25, -0.2) is 15.0 Å². The molecule has 3 aromatic rings. The van der Waals surface area contributed by atoms with E-state index in [9.17, 15) is 4.79 Å². The average molecular weight is 538 g/mol. The van der Waals surface area contributed by atoms with Crippen LogP contribution in [0.15, 0.2) is 36.5 Å². The first kappa shape index (κ1) is 26.3. The third-order valence-corrected chi connectivity index (χ3v) is 6.98. The number of nitrogens with zero attached hydrogens (tertiary/aromatic N) is 4. The fraction of sp³-hybridized carbons (Fsp3) is 0.407. The van der Waals surface area contributed by atoms with E-state index in [4.69, 9.17) is 31.0 Å². The molecule has 2 aromatic heterocycles. The van der Waals surface area contributed by atoms with E-state index in [-0.39, 0.29) is 5.91 Å². The van der Waals surface area contributed by atoms with Crippen LogP contribution in [0.3, 0.4) is 0 Å². The van der Waals surface area contributed by atoms with Crippen molar-refractivity contribution in [3.05, 3.63) is 63.9 Å². The first-order valence-corrected chi connectivity index (χ1v) is 13.2. The number of carbonyl (C=O) groups is 1. The maximum Gasteiger partial charge on any atom is 0.256 e. The van der Waals surface area contributed by atoms with Crippen molar-refractivity contribution in [2.24, 2.45) is 0 Å². The standard InChI is InChI=1S/C27H32ClN7O3/c1-37-24-5-2-18(14-21(24)28)15-31-25-20(27(36)30-8-9-35-10-12-38-13-11-35)16-32-26(34-25)22-4-3-19-6-7-29-17-23(19)33-22/h2-5,14,16,29H,6-13,15,17H2,1H3,(H,30,36)(H,31,32,34). The molecule has 0 spiro atoms. The lowest BCUT2D eigenvalue weighted by Crippen LogP contribution is -2.41. The summed E-state index contributed by atoms with van der Waals surface area (Å²) >= 11 is 6.31. The Kier molecular flexibility index (Phi) is 8.65. The molecule has 0 bridgehead atoms. The summed E-state index contributed by atoms with van der Waals surface area (Å²) in [6, 6.07) is 9.58. The molecule has 11 heteroatoms. The third-order valence-electron chi connectivity index (χ3n) is 6.69. The number of rotatable bonds is 9. The molecule has 1 aromatic carbocycles. The van der Waals surface area contributed by atoms with Crippen molar-refractivity contribution in [3.8, 4) is 17.3 Å². The zero-order valence-corrected chi connectivity index (χ0v) is 22.2. The number of halogens is 1. The van der Waals surface area contributed by atoms with Crippen LogP contribution in [0, 0.1) is 0 Å². The number of amides is 1. The molecule has 5 rings (SSSR count). The fourth-order valence-corrected chi connectivity index (χ4v) is 4.80. The van der Waals surface area contributed by atoms with Gasteiger partial charge in [-0.1, -0.05) is 23.7 Å². The predicted molar refractivity (Wildman–Crippen MR) is 146 cm³/mol. The van der Waals surface area contributed by atoms with E-state index in [0.29, 0.717) is 46.8 Å². The van der Waals surface area contributed by atoms with E-state index < -0.39 is 0 Å². The zero-order chi connectivity index (χ0) is 26.3. The van der Waals surface area contributed by atoms with Gasteiger partial charge in [0.25, 0.3) is 5.91 Å². The molecule has 0 radical (unpaired) electrons. The topological polar surface area (TPSA) is 114 Å². The summed E-state index contributed by atoms with van der Waals surface area (Å²) in [5, 5.41) is 10.2. The largest absolute Gasteiger partial charge is 0.495 e. The van der Waals surface area contributed by atoms with Crippen molar-refractivity contribution in [1.82, 2.24) is 30.5 Å². The summed E-state index contributed by atoms with van der Waals surface area (Å²) in [5.41, 5.74) is 4.20. The molecule has 4 heterocycles. The van der Waals surface area contributed by atoms with Crippen LogP contribution in [0.5, 0.6) is 5.75 Å². The van der Waals surface area contributed by atoms with Gasteiger partial charge in [0, 0.05) is 45.5 Å². The maximum atomic E-state index is 13.2. The smallest absolute Gasteiger partial charge is 0.256 e. The van der Waals surface area contributed by atoms with Gasteiger partial charge in [0.15, 0.2) is 5.82 Å². The number of ether oxygens (including phenoxy) is 2. The Bertz CT molecular complexity index is 1280. The van der Waals surface area contributed by atoms with Crippen LogP contribution in [0.2, 0.25) is 5.02 Å². The van der Waals surface area contributed by atoms with Gasteiger partial charge >= 0.3 is 0 Å². The number of pyridine rings is 1. The number of fused-ring (bicyclic) bond motifs is 1. The third kappa shape index (κ3) is 6.39. The molecule has 1 saturated heterocycles. The van der Waals surface area contributed by atoms with E-state index in [0.717, 1.165) is 63.6 Å². The molecule has 1 amide bonds. The minimum atomic E-state index is -0.234. The van der Waals surface area contributed by atoms with Gasteiger partial charge in [0.2, 0.25) is 0 Å². The highest BCUT2D eigenvalue weighted by Gasteiger charge is 2.19. The molecule has 0 saturated carbocycles. The molecule has 2 aliphatic rings. The molecule has 1 fully saturated rings. The second-order valence-electron chi connectivity index (χ2n) is 9.22. The highest BCUT2D eigenvalue weighted by atomic mass is 35.5. The van der Waals surface area contributed by atoms with Gasteiger partial charge in [-0.05, 0) is 42.3 Å². The highest BCUT2D eigenvalue weighted by Crippen LogP contribution is 2.26. The molecule has 0 atom stereocenters. The van der Waals surface area contributed by atoms with E-state index >= 15 is 0 Å². The Morgan fingerprint density at radius 1 is 1.21 bits per heavy atom. The minimum Gasteiger partial charge on any atom is -0.495 e. The van der Waals surface area contributed by atoms with Crippen molar-refractivity contribution in [3.63, 3.8) is 0 Å². The molecule has 0 unspecified atom stereocenters. The van der Waals surface area contributed by atoms with Crippen LogP contribution >= 0.6 is 11.6 Å². The zero-order valence-electron chi connectivity index (χ0n) is 21.4. The Balaban J connectivity index is 1.36. The van der Waals surface area contributed by atoms with E-state index in [1.165, 1.54) is 5.56 Å². The lowest BCUT2D eigenvalue weighted by Gasteiger charge is -2.26. The Labute approximate surface area is 227 Å². The van der Waals surface area contributed by atoms with Crippen molar-refractivity contribution in [1.29, 1.82) is 0 Å². The Morgan fingerprint density at radius 3 is 2.89 bits per heavy atom. The van der Waals surface area contributed by atoms with Crippen LogP contribution in [-0.4, -0.2) is 78.8 Å². The number of aromatic nitrogens is 3. The maximum absolute atomic E-state index is 13.2. The number of carbonyl (C=O) groups excluding carboxylic acids is 1. The summed E-state index contributed by atoms with van der Waals surface area (Å²) in [6.07, 6.45) is 2.51. The summed E-state index contributed by atoms with van der Waals surface area (Å²) in [6.45, 7) is 6.54. The monoisotopic (exact) mass is 537 g/mol.